The van der Waals surface area contributed by atoms with Crippen LogP contribution in [0.2, 0.25) is 5.02 Å². The van der Waals surface area contributed by atoms with Gasteiger partial charge in [-0.2, -0.15) is 0 Å². The summed E-state index contributed by atoms with van der Waals surface area (Å²) in [6.07, 6.45) is 0.515. The molecule has 1 aromatic carbocycles. The summed E-state index contributed by atoms with van der Waals surface area (Å²) in [5, 5.41) is 2.86. The first-order valence-electron chi connectivity index (χ1n) is 8.63. The summed E-state index contributed by atoms with van der Waals surface area (Å²) in [6.45, 7) is 5.34. The summed E-state index contributed by atoms with van der Waals surface area (Å²) in [5.74, 6) is -1.23. The third-order valence-electron chi connectivity index (χ3n) is 4.29. The van der Waals surface area contributed by atoms with Crippen molar-refractivity contribution in [3.8, 4) is 11.5 Å². The van der Waals surface area contributed by atoms with Gasteiger partial charge < -0.3 is 24.4 Å². The van der Waals surface area contributed by atoms with E-state index >= 15 is 0 Å². The van der Waals surface area contributed by atoms with Gasteiger partial charge in [0, 0.05) is 25.6 Å². The van der Waals surface area contributed by atoms with Gasteiger partial charge >= 0.3 is 5.97 Å². The highest BCUT2D eigenvalue weighted by atomic mass is 35.5. The molecule has 0 aliphatic carbocycles. The third kappa shape index (κ3) is 4.75. The van der Waals surface area contributed by atoms with Crippen molar-refractivity contribution in [2.75, 3.05) is 32.2 Å². The van der Waals surface area contributed by atoms with Crippen LogP contribution in [-0.4, -0.2) is 51.2 Å². The molecule has 1 fully saturated rings. The Balaban J connectivity index is 2.11. The zero-order chi connectivity index (χ0) is 20.8. The SMILES string of the molecule is C=CCNC(=O)[C@@H](C)OC(=O)[C@H]1CC(=O)N(c2cc(Cl)c(OC)cc2OC)C1. The van der Waals surface area contributed by atoms with Gasteiger partial charge in [0.2, 0.25) is 5.91 Å². The number of esters is 1. The van der Waals surface area contributed by atoms with E-state index in [2.05, 4.69) is 11.9 Å². The number of nitrogens with one attached hydrogen (secondary N) is 1. The number of hydrogen-bond acceptors (Lipinski definition) is 6. The van der Waals surface area contributed by atoms with Crippen molar-refractivity contribution in [2.45, 2.75) is 19.4 Å². The van der Waals surface area contributed by atoms with Crippen LogP contribution in [0.1, 0.15) is 13.3 Å². The topological polar surface area (TPSA) is 94.2 Å². The third-order valence-corrected chi connectivity index (χ3v) is 4.58. The Morgan fingerprint density at radius 2 is 2.04 bits per heavy atom. The van der Waals surface area contributed by atoms with Gasteiger partial charge in [0.05, 0.1) is 30.8 Å². The fourth-order valence-electron chi connectivity index (χ4n) is 2.79. The van der Waals surface area contributed by atoms with Crippen molar-refractivity contribution in [3.63, 3.8) is 0 Å². The molecular formula is C19H23ClN2O6. The highest BCUT2D eigenvalue weighted by molar-refractivity contribution is 6.32. The maximum atomic E-state index is 12.5. The highest BCUT2D eigenvalue weighted by Gasteiger charge is 2.38. The monoisotopic (exact) mass is 410 g/mol. The number of anilines is 1. The number of hydrogen-bond donors (Lipinski definition) is 1. The Morgan fingerprint density at radius 1 is 1.36 bits per heavy atom. The van der Waals surface area contributed by atoms with Gasteiger partial charge in [-0.05, 0) is 13.0 Å². The standard InChI is InChI=1S/C19H23ClN2O6/c1-5-6-21-18(24)11(2)28-19(25)12-7-17(23)22(10-12)14-8-13(20)15(26-3)9-16(14)27-4/h5,8-9,11-12H,1,6-7,10H2,2-4H3,(H,21,24)/t11-,12+/m1/s1. The van der Waals surface area contributed by atoms with E-state index in [1.54, 1.807) is 12.1 Å². The molecule has 1 heterocycles. The van der Waals surface area contributed by atoms with E-state index in [9.17, 15) is 14.4 Å². The molecule has 2 atom stereocenters. The molecule has 0 bridgehead atoms. The van der Waals surface area contributed by atoms with E-state index in [1.807, 2.05) is 0 Å². The summed E-state index contributed by atoms with van der Waals surface area (Å²) in [7, 11) is 2.93. The number of carbonyl (C=O) groups excluding carboxylic acids is 3. The summed E-state index contributed by atoms with van der Waals surface area (Å²) < 4.78 is 15.7. The van der Waals surface area contributed by atoms with E-state index in [-0.39, 0.29) is 25.4 Å². The number of carbonyl (C=O) groups is 3. The Kier molecular flexibility index (Phi) is 7.28. The molecule has 2 amide bonds. The van der Waals surface area contributed by atoms with Crippen LogP contribution in [0.5, 0.6) is 11.5 Å². The van der Waals surface area contributed by atoms with Gasteiger partial charge in [-0.25, -0.2) is 0 Å². The van der Waals surface area contributed by atoms with Crippen molar-refractivity contribution in [3.05, 3.63) is 29.8 Å². The van der Waals surface area contributed by atoms with Crippen LogP contribution in [0, 0.1) is 5.92 Å². The van der Waals surface area contributed by atoms with Crippen LogP contribution in [0.15, 0.2) is 24.8 Å². The number of ether oxygens (including phenoxy) is 3. The van der Waals surface area contributed by atoms with Crippen LogP contribution < -0.4 is 19.7 Å². The van der Waals surface area contributed by atoms with Gasteiger partial charge in [0.25, 0.3) is 5.91 Å². The van der Waals surface area contributed by atoms with Gasteiger partial charge in [0.15, 0.2) is 6.10 Å². The van der Waals surface area contributed by atoms with Crippen molar-refractivity contribution < 1.29 is 28.6 Å². The van der Waals surface area contributed by atoms with E-state index < -0.39 is 23.9 Å². The molecule has 8 nitrogen and oxygen atoms in total. The molecule has 0 saturated carbocycles. The number of nitrogens with zero attached hydrogens (tertiary/aromatic N) is 1. The van der Waals surface area contributed by atoms with Gasteiger partial charge in [-0.15, -0.1) is 6.58 Å². The lowest BCUT2D eigenvalue weighted by molar-refractivity contribution is -0.158. The number of halogens is 1. The minimum atomic E-state index is -0.971. The molecule has 1 aliphatic heterocycles. The largest absolute Gasteiger partial charge is 0.495 e. The van der Waals surface area contributed by atoms with E-state index in [1.165, 1.54) is 32.1 Å². The fraction of sp³-hybridized carbons (Fsp3) is 0.421. The van der Waals surface area contributed by atoms with E-state index in [0.29, 0.717) is 22.2 Å². The average Bonchev–Trinajstić information content (AvgIpc) is 3.07. The first-order valence-corrected chi connectivity index (χ1v) is 9.01. The molecule has 2 rings (SSSR count). The van der Waals surface area contributed by atoms with E-state index in [4.69, 9.17) is 25.8 Å². The predicted octanol–water partition coefficient (Wildman–Crippen LogP) is 1.94. The quantitative estimate of drug-likeness (QED) is 0.520. The molecule has 0 spiro atoms. The molecule has 1 aromatic rings. The lowest BCUT2D eigenvalue weighted by atomic mass is 10.1. The van der Waals surface area contributed by atoms with Crippen LogP contribution in [0.3, 0.4) is 0 Å². The zero-order valence-electron chi connectivity index (χ0n) is 16.0. The zero-order valence-corrected chi connectivity index (χ0v) is 16.7. The van der Waals surface area contributed by atoms with Gasteiger partial charge in [-0.3, -0.25) is 14.4 Å². The predicted molar refractivity (Wildman–Crippen MR) is 104 cm³/mol. The molecule has 28 heavy (non-hydrogen) atoms. The second-order valence-electron chi connectivity index (χ2n) is 6.18. The Morgan fingerprint density at radius 3 is 2.64 bits per heavy atom. The first kappa shape index (κ1) is 21.6. The Bertz CT molecular complexity index is 782. The maximum absolute atomic E-state index is 12.5. The Hall–Kier alpha value is -2.74. The molecule has 152 valence electrons. The number of rotatable bonds is 8. The highest BCUT2D eigenvalue weighted by Crippen LogP contribution is 2.40. The minimum absolute atomic E-state index is 0.0351. The second-order valence-corrected chi connectivity index (χ2v) is 6.58. The normalized spacial score (nSPS) is 17.1. The van der Waals surface area contributed by atoms with Crippen LogP contribution in [0.25, 0.3) is 0 Å². The molecule has 9 heteroatoms. The van der Waals surface area contributed by atoms with Gasteiger partial charge in [0.1, 0.15) is 11.5 Å². The van der Waals surface area contributed by atoms with Crippen molar-refractivity contribution >= 4 is 35.1 Å². The maximum Gasteiger partial charge on any atom is 0.312 e. The molecular weight excluding hydrogens is 388 g/mol. The molecule has 1 aliphatic rings. The average molecular weight is 411 g/mol. The molecule has 0 radical (unpaired) electrons. The van der Waals surface area contributed by atoms with Crippen molar-refractivity contribution in [1.82, 2.24) is 5.32 Å². The fourth-order valence-corrected chi connectivity index (χ4v) is 3.03. The van der Waals surface area contributed by atoms with Crippen LogP contribution in [-0.2, 0) is 19.1 Å². The van der Waals surface area contributed by atoms with Crippen LogP contribution in [0.4, 0.5) is 5.69 Å². The molecule has 0 aromatic heterocycles. The molecule has 0 unspecified atom stereocenters. The summed E-state index contributed by atoms with van der Waals surface area (Å²) in [4.78, 5) is 38.1. The Labute approximate surface area is 168 Å². The van der Waals surface area contributed by atoms with E-state index in [0.717, 1.165) is 0 Å². The first-order chi connectivity index (χ1) is 13.3. The van der Waals surface area contributed by atoms with Crippen molar-refractivity contribution in [1.29, 1.82) is 0 Å². The number of methoxy groups -OCH3 is 2. The van der Waals surface area contributed by atoms with Crippen LogP contribution >= 0.6 is 11.6 Å². The summed E-state index contributed by atoms with van der Waals surface area (Å²) in [5.41, 5.74) is 0.436. The smallest absolute Gasteiger partial charge is 0.312 e. The molecule has 1 N–H and O–H groups in total. The second kappa shape index (κ2) is 9.45. The summed E-state index contributed by atoms with van der Waals surface area (Å²) in [6, 6.07) is 3.12. The molecule has 1 saturated heterocycles. The lowest BCUT2D eigenvalue weighted by Crippen LogP contribution is -2.37. The minimum Gasteiger partial charge on any atom is -0.495 e. The number of benzene rings is 1. The van der Waals surface area contributed by atoms with Crippen molar-refractivity contribution in [2.24, 2.45) is 5.92 Å². The van der Waals surface area contributed by atoms with Gasteiger partial charge in [-0.1, -0.05) is 17.7 Å². The lowest BCUT2D eigenvalue weighted by Gasteiger charge is -2.21. The number of amides is 2. The summed E-state index contributed by atoms with van der Waals surface area (Å²) >= 11 is 6.17.